The van der Waals surface area contributed by atoms with Gasteiger partial charge in [-0.3, -0.25) is 9.69 Å². The van der Waals surface area contributed by atoms with Gasteiger partial charge in [-0.15, -0.1) is 11.3 Å². The first-order valence-corrected chi connectivity index (χ1v) is 12.0. The summed E-state index contributed by atoms with van der Waals surface area (Å²) in [6, 6.07) is 4.99. The predicted molar refractivity (Wildman–Crippen MR) is 123 cm³/mol. The van der Waals surface area contributed by atoms with Crippen molar-refractivity contribution in [3.8, 4) is 0 Å². The number of guanidine groups is 1. The number of carbonyl (C=O) groups excluding carboxylic acids is 1. The molecular weight excluding hydrogens is 398 g/mol. The van der Waals surface area contributed by atoms with Crippen LogP contribution in [0.15, 0.2) is 22.5 Å². The molecule has 2 aliphatic rings. The maximum absolute atomic E-state index is 12.1. The third kappa shape index (κ3) is 6.68. The first kappa shape index (κ1) is 23.0. The molecule has 3 unspecified atom stereocenters. The Morgan fingerprint density at radius 1 is 1.33 bits per heavy atom. The lowest BCUT2D eigenvalue weighted by Crippen LogP contribution is -2.50. The predicted octanol–water partition coefficient (Wildman–Crippen LogP) is 2.32. The second-order valence-electron chi connectivity index (χ2n) is 8.53. The lowest BCUT2D eigenvalue weighted by atomic mass is 9.86. The lowest BCUT2D eigenvalue weighted by Gasteiger charge is -2.35. The highest BCUT2D eigenvalue weighted by atomic mass is 32.1. The summed E-state index contributed by atoms with van der Waals surface area (Å²) in [5.41, 5.74) is 0. The van der Waals surface area contributed by atoms with Gasteiger partial charge in [0, 0.05) is 44.6 Å². The molecule has 0 aromatic carbocycles. The summed E-state index contributed by atoms with van der Waals surface area (Å²) in [7, 11) is 3.54. The molecule has 1 saturated heterocycles. The standard InChI is InChI=1S/C22H37N5O2S/c1-17-7-4-5-8-18(17)25-22(24-16-21(28)26(2)3)23-15-19(20-9-6-14-30-20)27-10-12-29-13-11-27/h6,9,14,17-19H,4-5,7-8,10-13,15-16H2,1-3H3,(H2,23,24,25). The number of nitrogens with one attached hydrogen (secondary N) is 2. The molecule has 3 atom stereocenters. The van der Waals surface area contributed by atoms with E-state index in [1.54, 1.807) is 30.3 Å². The minimum absolute atomic E-state index is 0.00998. The van der Waals surface area contributed by atoms with Crippen molar-refractivity contribution in [2.45, 2.75) is 44.7 Å². The number of likely N-dealkylation sites (N-methyl/N-ethyl adjacent to an activating group) is 1. The Hall–Kier alpha value is -1.64. The van der Waals surface area contributed by atoms with E-state index in [-0.39, 0.29) is 18.5 Å². The van der Waals surface area contributed by atoms with Gasteiger partial charge < -0.3 is 20.3 Å². The Kier molecular flexibility index (Phi) is 8.96. The molecule has 168 valence electrons. The van der Waals surface area contributed by atoms with Crippen molar-refractivity contribution in [2.75, 3.05) is 53.5 Å². The third-order valence-corrected chi connectivity index (χ3v) is 7.10. The van der Waals surface area contributed by atoms with Crippen LogP contribution in [-0.2, 0) is 9.53 Å². The zero-order valence-electron chi connectivity index (χ0n) is 18.6. The minimum atomic E-state index is 0.00998. The molecule has 1 aliphatic carbocycles. The minimum Gasteiger partial charge on any atom is -0.379 e. The van der Waals surface area contributed by atoms with Gasteiger partial charge in [-0.25, -0.2) is 4.99 Å². The Morgan fingerprint density at radius 2 is 2.10 bits per heavy atom. The number of thiophene rings is 1. The molecule has 7 nitrogen and oxygen atoms in total. The second kappa shape index (κ2) is 11.7. The highest BCUT2D eigenvalue weighted by Crippen LogP contribution is 2.26. The molecule has 8 heteroatoms. The molecule has 1 amide bonds. The number of ether oxygens (including phenoxy) is 1. The van der Waals surface area contributed by atoms with Crippen LogP contribution in [0.2, 0.25) is 0 Å². The molecule has 2 heterocycles. The van der Waals surface area contributed by atoms with E-state index in [1.807, 2.05) is 0 Å². The first-order valence-electron chi connectivity index (χ1n) is 11.1. The van der Waals surface area contributed by atoms with Crippen LogP contribution in [0.3, 0.4) is 0 Å². The van der Waals surface area contributed by atoms with Crippen molar-refractivity contribution >= 4 is 23.2 Å². The summed E-state index contributed by atoms with van der Waals surface area (Å²) in [6.07, 6.45) is 4.95. The zero-order valence-corrected chi connectivity index (χ0v) is 19.4. The van der Waals surface area contributed by atoms with Gasteiger partial charge in [0.05, 0.1) is 19.3 Å². The molecule has 1 aromatic rings. The van der Waals surface area contributed by atoms with E-state index in [0.717, 1.165) is 45.2 Å². The van der Waals surface area contributed by atoms with Gasteiger partial charge in [0.2, 0.25) is 5.91 Å². The average Bonchev–Trinajstić information content (AvgIpc) is 3.28. The molecule has 0 radical (unpaired) electrons. The Labute approximate surface area is 184 Å². The van der Waals surface area contributed by atoms with Crippen molar-refractivity contribution < 1.29 is 9.53 Å². The Morgan fingerprint density at radius 3 is 2.77 bits per heavy atom. The van der Waals surface area contributed by atoms with Gasteiger partial charge >= 0.3 is 0 Å². The van der Waals surface area contributed by atoms with Gasteiger partial charge in [0.1, 0.15) is 6.54 Å². The SMILES string of the molecule is CC1CCCCC1NC(=NCC(=O)N(C)C)NCC(c1cccs1)N1CCOCC1. The highest BCUT2D eigenvalue weighted by molar-refractivity contribution is 7.10. The zero-order chi connectivity index (χ0) is 21.3. The van der Waals surface area contributed by atoms with Gasteiger partial charge in [0.25, 0.3) is 0 Å². The normalized spacial score (nSPS) is 24.3. The maximum atomic E-state index is 12.1. The molecule has 1 saturated carbocycles. The van der Waals surface area contributed by atoms with Gasteiger partial charge in [0.15, 0.2) is 5.96 Å². The number of hydrogen-bond donors (Lipinski definition) is 2. The van der Waals surface area contributed by atoms with Crippen molar-refractivity contribution in [1.29, 1.82) is 0 Å². The van der Waals surface area contributed by atoms with Gasteiger partial charge in [-0.05, 0) is 30.2 Å². The summed E-state index contributed by atoms with van der Waals surface area (Å²) >= 11 is 1.79. The Balaban J connectivity index is 1.69. The Bertz CT molecular complexity index is 673. The monoisotopic (exact) mass is 435 g/mol. The fraction of sp³-hybridized carbons (Fsp3) is 0.727. The van der Waals surface area contributed by atoms with Gasteiger partial charge in [-0.2, -0.15) is 0 Å². The number of aliphatic imine (C=N–C) groups is 1. The summed E-state index contributed by atoms with van der Waals surface area (Å²) in [5, 5.41) is 9.33. The van der Waals surface area contributed by atoms with Crippen LogP contribution in [0.5, 0.6) is 0 Å². The first-order chi connectivity index (χ1) is 14.5. The lowest BCUT2D eigenvalue weighted by molar-refractivity contribution is -0.127. The molecule has 1 aliphatic heterocycles. The van der Waals surface area contributed by atoms with Crippen LogP contribution >= 0.6 is 11.3 Å². The van der Waals surface area contributed by atoms with Crippen molar-refractivity contribution in [3.63, 3.8) is 0 Å². The summed E-state index contributed by atoms with van der Waals surface area (Å²) in [5.74, 6) is 1.37. The largest absolute Gasteiger partial charge is 0.379 e. The van der Waals surface area contributed by atoms with Crippen molar-refractivity contribution in [2.24, 2.45) is 10.9 Å². The molecule has 30 heavy (non-hydrogen) atoms. The van der Waals surface area contributed by atoms with Crippen LogP contribution in [0.1, 0.15) is 43.5 Å². The van der Waals surface area contributed by atoms with Crippen LogP contribution in [0.4, 0.5) is 0 Å². The second-order valence-corrected chi connectivity index (χ2v) is 9.51. The molecular formula is C22H37N5O2S. The third-order valence-electron chi connectivity index (χ3n) is 6.13. The topological polar surface area (TPSA) is 69.2 Å². The van der Waals surface area contributed by atoms with Crippen molar-refractivity contribution in [1.82, 2.24) is 20.4 Å². The number of morpholine rings is 1. The van der Waals surface area contributed by atoms with Crippen molar-refractivity contribution in [3.05, 3.63) is 22.4 Å². The van der Waals surface area contributed by atoms with Gasteiger partial charge in [-0.1, -0.05) is 25.8 Å². The van der Waals surface area contributed by atoms with Crippen LogP contribution in [-0.4, -0.2) is 81.2 Å². The van der Waals surface area contributed by atoms with E-state index in [0.29, 0.717) is 12.0 Å². The molecule has 0 bridgehead atoms. The fourth-order valence-electron chi connectivity index (χ4n) is 4.12. The fourth-order valence-corrected chi connectivity index (χ4v) is 4.98. The smallest absolute Gasteiger partial charge is 0.243 e. The number of rotatable bonds is 7. The number of nitrogens with zero attached hydrogens (tertiary/aromatic N) is 3. The summed E-state index contributed by atoms with van der Waals surface area (Å²) < 4.78 is 5.56. The quantitative estimate of drug-likeness (QED) is 0.508. The number of amides is 1. The van der Waals surface area contributed by atoms with E-state index in [4.69, 9.17) is 4.74 Å². The van der Waals surface area contributed by atoms with E-state index in [1.165, 1.54) is 24.1 Å². The van der Waals surface area contributed by atoms with E-state index < -0.39 is 0 Å². The molecule has 2 N–H and O–H groups in total. The van der Waals surface area contributed by atoms with E-state index in [9.17, 15) is 4.79 Å². The highest BCUT2D eigenvalue weighted by Gasteiger charge is 2.25. The molecule has 2 fully saturated rings. The molecule has 1 aromatic heterocycles. The van der Waals surface area contributed by atoms with E-state index >= 15 is 0 Å². The van der Waals surface area contributed by atoms with Crippen LogP contribution in [0.25, 0.3) is 0 Å². The van der Waals surface area contributed by atoms with E-state index in [2.05, 4.69) is 45.0 Å². The number of carbonyl (C=O) groups is 1. The summed E-state index contributed by atoms with van der Waals surface area (Å²) in [6.45, 7) is 6.64. The molecule has 0 spiro atoms. The maximum Gasteiger partial charge on any atom is 0.243 e. The average molecular weight is 436 g/mol. The summed E-state index contributed by atoms with van der Waals surface area (Å²) in [4.78, 5) is 22.2. The molecule has 3 rings (SSSR count). The number of hydrogen-bond acceptors (Lipinski definition) is 5. The van der Waals surface area contributed by atoms with Crippen LogP contribution < -0.4 is 10.6 Å². The van der Waals surface area contributed by atoms with Crippen LogP contribution in [0, 0.1) is 5.92 Å².